The fraction of sp³-hybridized carbons (Fsp3) is 0.412. The molecule has 136 valence electrons. The normalized spacial score (nSPS) is 17.8. The predicted molar refractivity (Wildman–Crippen MR) is 97.1 cm³/mol. The van der Waals surface area contributed by atoms with E-state index in [9.17, 15) is 4.79 Å². The highest BCUT2D eigenvalue weighted by Gasteiger charge is 2.26. The molecule has 0 bridgehead atoms. The molecule has 1 saturated heterocycles. The summed E-state index contributed by atoms with van der Waals surface area (Å²) in [4.78, 5) is 19.5. The van der Waals surface area contributed by atoms with E-state index in [0.29, 0.717) is 47.7 Å². The van der Waals surface area contributed by atoms with Crippen LogP contribution in [0, 0.1) is 0 Å². The van der Waals surface area contributed by atoms with Crippen LogP contribution in [-0.2, 0) is 11.8 Å². The number of rotatable bonds is 4. The predicted octanol–water partition coefficient (Wildman–Crippen LogP) is 0.725. The number of morpholine rings is 1. The number of fused-ring (bicyclic) bond motifs is 1. The van der Waals surface area contributed by atoms with Gasteiger partial charge in [0.25, 0.3) is 0 Å². The number of hydrogen-bond donors (Lipinski definition) is 2. The first-order valence-electron chi connectivity index (χ1n) is 8.55. The SMILES string of the molecule is CC1COCCN1c1cc(C(=O)CN)c2c(n1)c(-c1cc[nH]n1)nn2C. The largest absolute Gasteiger partial charge is 0.377 e. The molecule has 0 saturated carbocycles. The van der Waals surface area contributed by atoms with Gasteiger partial charge >= 0.3 is 0 Å². The summed E-state index contributed by atoms with van der Waals surface area (Å²) in [5.41, 5.74) is 8.82. The van der Waals surface area contributed by atoms with Crippen molar-refractivity contribution in [3.63, 3.8) is 0 Å². The number of nitrogens with one attached hydrogen (secondary N) is 1. The molecule has 3 aromatic rings. The summed E-state index contributed by atoms with van der Waals surface area (Å²) in [7, 11) is 1.80. The number of anilines is 1. The lowest BCUT2D eigenvalue weighted by atomic mass is 10.1. The van der Waals surface area contributed by atoms with Gasteiger partial charge in [0, 0.05) is 19.8 Å². The molecule has 26 heavy (non-hydrogen) atoms. The number of carbonyl (C=O) groups excluding carboxylic acids is 1. The monoisotopic (exact) mass is 355 g/mol. The summed E-state index contributed by atoms with van der Waals surface area (Å²) in [5.74, 6) is 0.589. The lowest BCUT2D eigenvalue weighted by Crippen LogP contribution is -2.44. The van der Waals surface area contributed by atoms with Gasteiger partial charge in [0.15, 0.2) is 5.78 Å². The number of nitrogens with zero attached hydrogens (tertiary/aromatic N) is 5. The Balaban J connectivity index is 1.96. The maximum atomic E-state index is 12.5. The molecule has 9 nitrogen and oxygen atoms in total. The van der Waals surface area contributed by atoms with E-state index in [4.69, 9.17) is 15.5 Å². The number of nitrogens with two attached hydrogens (primary N) is 1. The second-order valence-corrected chi connectivity index (χ2v) is 6.40. The van der Waals surface area contributed by atoms with Crippen LogP contribution in [-0.4, -0.2) is 63.1 Å². The van der Waals surface area contributed by atoms with Crippen LogP contribution in [0.4, 0.5) is 5.82 Å². The average molecular weight is 355 g/mol. The summed E-state index contributed by atoms with van der Waals surface area (Å²) in [6.07, 6.45) is 1.73. The van der Waals surface area contributed by atoms with Crippen molar-refractivity contribution in [3.05, 3.63) is 23.9 Å². The minimum Gasteiger partial charge on any atom is -0.377 e. The van der Waals surface area contributed by atoms with Gasteiger partial charge in [0.2, 0.25) is 0 Å². The Morgan fingerprint density at radius 3 is 3.04 bits per heavy atom. The summed E-state index contributed by atoms with van der Waals surface area (Å²) < 4.78 is 7.19. The molecule has 0 aromatic carbocycles. The molecule has 4 heterocycles. The van der Waals surface area contributed by atoms with Crippen molar-refractivity contribution >= 4 is 22.6 Å². The van der Waals surface area contributed by atoms with E-state index in [2.05, 4.69) is 27.1 Å². The molecule has 0 amide bonds. The molecule has 1 aliphatic rings. The highest BCUT2D eigenvalue weighted by atomic mass is 16.5. The maximum Gasteiger partial charge on any atom is 0.178 e. The summed E-state index contributed by atoms with van der Waals surface area (Å²) >= 11 is 0. The van der Waals surface area contributed by atoms with Crippen LogP contribution in [0.25, 0.3) is 22.4 Å². The smallest absolute Gasteiger partial charge is 0.178 e. The first-order chi connectivity index (χ1) is 12.6. The maximum absolute atomic E-state index is 12.5. The highest BCUT2D eigenvalue weighted by molar-refractivity contribution is 6.10. The lowest BCUT2D eigenvalue weighted by Gasteiger charge is -2.34. The summed E-state index contributed by atoms with van der Waals surface area (Å²) in [5, 5.41) is 11.6. The lowest BCUT2D eigenvalue weighted by molar-refractivity contribution is 0.0984. The molecule has 1 unspecified atom stereocenters. The van der Waals surface area contributed by atoms with Gasteiger partial charge in [-0.25, -0.2) is 4.98 Å². The van der Waals surface area contributed by atoms with E-state index < -0.39 is 0 Å². The van der Waals surface area contributed by atoms with Gasteiger partial charge < -0.3 is 15.4 Å². The fourth-order valence-corrected chi connectivity index (χ4v) is 3.37. The second kappa shape index (κ2) is 6.50. The Morgan fingerprint density at radius 1 is 1.50 bits per heavy atom. The number of ether oxygens (including phenoxy) is 1. The topological polar surface area (TPSA) is 115 Å². The second-order valence-electron chi connectivity index (χ2n) is 6.40. The average Bonchev–Trinajstić information content (AvgIpc) is 3.29. The Bertz CT molecular complexity index is 948. The van der Waals surface area contributed by atoms with Gasteiger partial charge in [0.05, 0.1) is 36.9 Å². The number of Topliss-reactive ketones (excluding diaryl/α,β-unsaturated/α-hetero) is 1. The first kappa shape index (κ1) is 16.7. The van der Waals surface area contributed by atoms with Gasteiger partial charge in [-0.15, -0.1) is 0 Å². The molecule has 4 rings (SSSR count). The standard InChI is InChI=1S/C17H21N7O2/c1-10-9-26-6-5-24(10)14-7-11(13(25)8-18)17-16(20-14)15(22-23(17)2)12-3-4-19-21-12/h3-4,7,10H,5-6,8-9,18H2,1-2H3,(H,19,21). The van der Waals surface area contributed by atoms with Crippen LogP contribution in [0.2, 0.25) is 0 Å². The Morgan fingerprint density at radius 2 is 2.35 bits per heavy atom. The number of H-pyrrole nitrogens is 1. The van der Waals surface area contributed by atoms with Crippen molar-refractivity contribution in [3.8, 4) is 11.4 Å². The molecule has 3 N–H and O–H groups in total. The van der Waals surface area contributed by atoms with E-state index in [1.54, 1.807) is 17.9 Å². The third-order valence-electron chi connectivity index (χ3n) is 4.67. The number of hydrogen-bond acceptors (Lipinski definition) is 7. The third kappa shape index (κ3) is 2.65. The minimum absolute atomic E-state index is 0.0693. The molecule has 0 radical (unpaired) electrons. The molecule has 1 atom stereocenters. The van der Waals surface area contributed by atoms with Gasteiger partial charge in [-0.3, -0.25) is 14.6 Å². The van der Waals surface area contributed by atoms with Crippen molar-refractivity contribution in [1.29, 1.82) is 0 Å². The van der Waals surface area contributed by atoms with Gasteiger partial charge in [-0.05, 0) is 19.1 Å². The van der Waals surface area contributed by atoms with Gasteiger partial charge in [0.1, 0.15) is 22.7 Å². The van der Waals surface area contributed by atoms with Crippen LogP contribution in [0.3, 0.4) is 0 Å². The Hall–Kier alpha value is -2.78. The van der Waals surface area contributed by atoms with E-state index in [0.717, 1.165) is 5.82 Å². The highest BCUT2D eigenvalue weighted by Crippen LogP contribution is 2.31. The molecule has 0 spiro atoms. The van der Waals surface area contributed by atoms with Crippen LogP contribution >= 0.6 is 0 Å². The van der Waals surface area contributed by atoms with Crippen molar-refractivity contribution in [1.82, 2.24) is 25.0 Å². The van der Waals surface area contributed by atoms with E-state index >= 15 is 0 Å². The number of aromatic amines is 1. The van der Waals surface area contributed by atoms with Crippen LogP contribution in [0.5, 0.6) is 0 Å². The Labute approximate surface area is 150 Å². The number of pyridine rings is 1. The number of carbonyl (C=O) groups is 1. The minimum atomic E-state index is -0.142. The van der Waals surface area contributed by atoms with Crippen molar-refractivity contribution < 1.29 is 9.53 Å². The quantitative estimate of drug-likeness (QED) is 0.663. The zero-order valence-electron chi connectivity index (χ0n) is 14.8. The van der Waals surface area contributed by atoms with E-state index in [1.165, 1.54) is 0 Å². The number of ketones is 1. The molecule has 0 aliphatic carbocycles. The first-order valence-corrected chi connectivity index (χ1v) is 8.55. The van der Waals surface area contributed by atoms with Crippen molar-refractivity contribution in [2.45, 2.75) is 13.0 Å². The zero-order chi connectivity index (χ0) is 18.3. The van der Waals surface area contributed by atoms with Crippen molar-refractivity contribution in [2.75, 3.05) is 31.2 Å². The van der Waals surface area contributed by atoms with Crippen molar-refractivity contribution in [2.24, 2.45) is 12.8 Å². The molecule has 1 aliphatic heterocycles. The third-order valence-corrected chi connectivity index (χ3v) is 4.67. The number of aryl methyl sites for hydroxylation is 1. The van der Waals surface area contributed by atoms with E-state index in [1.807, 2.05) is 12.1 Å². The molecular formula is C17H21N7O2. The molecular weight excluding hydrogens is 334 g/mol. The molecule has 1 fully saturated rings. The zero-order valence-corrected chi connectivity index (χ0v) is 14.8. The van der Waals surface area contributed by atoms with E-state index in [-0.39, 0.29) is 18.4 Å². The van der Waals surface area contributed by atoms with Crippen LogP contribution in [0.1, 0.15) is 17.3 Å². The molecule has 3 aromatic heterocycles. The van der Waals surface area contributed by atoms with Crippen LogP contribution < -0.4 is 10.6 Å². The number of aromatic nitrogens is 5. The Kier molecular flexibility index (Phi) is 4.17. The summed E-state index contributed by atoms with van der Waals surface area (Å²) in [6, 6.07) is 3.81. The van der Waals surface area contributed by atoms with Gasteiger partial charge in [-0.2, -0.15) is 10.2 Å². The van der Waals surface area contributed by atoms with Crippen LogP contribution in [0.15, 0.2) is 18.3 Å². The van der Waals surface area contributed by atoms with Gasteiger partial charge in [-0.1, -0.05) is 0 Å². The molecule has 9 heteroatoms. The summed E-state index contributed by atoms with van der Waals surface area (Å²) in [6.45, 7) is 3.98. The fourth-order valence-electron chi connectivity index (χ4n) is 3.37.